The van der Waals surface area contributed by atoms with E-state index in [-0.39, 0.29) is 11.8 Å². The number of rotatable bonds is 6. The zero-order valence-corrected chi connectivity index (χ0v) is 18.1. The minimum atomic E-state index is -0.242. The molecule has 30 heavy (non-hydrogen) atoms. The Morgan fingerprint density at radius 1 is 0.967 bits per heavy atom. The maximum absolute atomic E-state index is 13.0. The first-order chi connectivity index (χ1) is 14.4. The molecular formula is C25H31N3O2. The van der Waals surface area contributed by atoms with Crippen molar-refractivity contribution in [2.24, 2.45) is 0 Å². The summed E-state index contributed by atoms with van der Waals surface area (Å²) in [6, 6.07) is 18.4. The quantitative estimate of drug-likeness (QED) is 0.747. The van der Waals surface area contributed by atoms with Crippen LogP contribution in [0.3, 0.4) is 0 Å². The lowest BCUT2D eigenvalue weighted by Crippen LogP contribution is -2.50. The summed E-state index contributed by atoms with van der Waals surface area (Å²) in [6.07, 6.45) is 1.74. The number of carbonyl (C=O) groups excluding carboxylic acids is 2. The number of benzene rings is 2. The fraction of sp³-hybridized carbons (Fsp3) is 0.360. The molecule has 1 heterocycles. The van der Waals surface area contributed by atoms with Crippen molar-refractivity contribution >= 4 is 17.9 Å². The molecule has 2 aromatic rings. The van der Waals surface area contributed by atoms with Crippen LogP contribution < -0.4 is 5.32 Å². The lowest BCUT2D eigenvalue weighted by atomic mass is 10.0. The van der Waals surface area contributed by atoms with E-state index in [1.165, 1.54) is 18.1 Å². The highest BCUT2D eigenvalue weighted by molar-refractivity contribution is 6.01. The van der Waals surface area contributed by atoms with Crippen LogP contribution in [0.15, 0.2) is 60.3 Å². The van der Waals surface area contributed by atoms with Crippen LogP contribution >= 0.6 is 0 Å². The van der Waals surface area contributed by atoms with Crippen LogP contribution in [-0.4, -0.2) is 47.8 Å². The highest BCUT2D eigenvalue weighted by atomic mass is 16.2. The molecule has 5 nitrogen and oxygen atoms in total. The Kier molecular flexibility index (Phi) is 7.41. The van der Waals surface area contributed by atoms with E-state index in [1.54, 1.807) is 6.08 Å². The molecule has 0 atom stereocenters. The molecule has 5 heteroatoms. The topological polar surface area (TPSA) is 52.7 Å². The Bertz CT molecular complexity index is 880. The summed E-state index contributed by atoms with van der Waals surface area (Å²) in [6.45, 7) is 9.64. The van der Waals surface area contributed by atoms with Crippen molar-refractivity contribution in [1.82, 2.24) is 15.1 Å². The van der Waals surface area contributed by atoms with Crippen molar-refractivity contribution in [2.75, 3.05) is 26.2 Å². The van der Waals surface area contributed by atoms with Crippen molar-refractivity contribution in [1.29, 1.82) is 0 Å². The molecule has 1 saturated heterocycles. The average Bonchev–Trinajstić information content (AvgIpc) is 2.74. The second-order valence-electron chi connectivity index (χ2n) is 8.11. The molecule has 1 fully saturated rings. The number of nitrogens with zero attached hydrogens (tertiary/aromatic N) is 2. The molecule has 1 aliphatic heterocycles. The predicted molar refractivity (Wildman–Crippen MR) is 121 cm³/mol. The van der Waals surface area contributed by atoms with E-state index in [2.05, 4.69) is 48.3 Å². The molecule has 0 aromatic heterocycles. The van der Waals surface area contributed by atoms with Crippen LogP contribution in [0.25, 0.3) is 6.08 Å². The van der Waals surface area contributed by atoms with Gasteiger partial charge in [-0.3, -0.25) is 14.5 Å². The van der Waals surface area contributed by atoms with Gasteiger partial charge in [0.25, 0.3) is 5.91 Å². The van der Waals surface area contributed by atoms with Crippen LogP contribution in [0.4, 0.5) is 0 Å². The van der Waals surface area contributed by atoms with Crippen LogP contribution in [0.1, 0.15) is 43.4 Å². The summed E-state index contributed by atoms with van der Waals surface area (Å²) in [4.78, 5) is 28.8. The molecule has 0 saturated carbocycles. The van der Waals surface area contributed by atoms with Gasteiger partial charge in [-0.25, -0.2) is 0 Å². The van der Waals surface area contributed by atoms with Gasteiger partial charge >= 0.3 is 0 Å². The first-order valence-electron chi connectivity index (χ1n) is 10.6. The largest absolute Gasteiger partial charge is 0.335 e. The van der Waals surface area contributed by atoms with Crippen molar-refractivity contribution in [3.8, 4) is 0 Å². The van der Waals surface area contributed by atoms with Gasteiger partial charge in [0, 0.05) is 39.6 Å². The number of amides is 2. The molecule has 0 aliphatic carbocycles. The first kappa shape index (κ1) is 21.8. The van der Waals surface area contributed by atoms with Crippen LogP contribution in [0.5, 0.6) is 0 Å². The monoisotopic (exact) mass is 405 g/mol. The van der Waals surface area contributed by atoms with Crippen LogP contribution in [0, 0.1) is 0 Å². The fourth-order valence-electron chi connectivity index (χ4n) is 3.60. The summed E-state index contributed by atoms with van der Waals surface area (Å²) < 4.78 is 0. The maximum Gasteiger partial charge on any atom is 0.270 e. The van der Waals surface area contributed by atoms with Crippen molar-refractivity contribution in [2.45, 2.75) is 33.2 Å². The van der Waals surface area contributed by atoms with E-state index in [0.29, 0.717) is 24.7 Å². The minimum absolute atomic E-state index is 0.130. The summed E-state index contributed by atoms with van der Waals surface area (Å²) >= 11 is 0. The lowest BCUT2D eigenvalue weighted by molar-refractivity contribution is -0.130. The van der Waals surface area contributed by atoms with E-state index in [0.717, 1.165) is 25.2 Å². The molecule has 0 spiro atoms. The summed E-state index contributed by atoms with van der Waals surface area (Å²) in [5, 5.41) is 2.71. The summed E-state index contributed by atoms with van der Waals surface area (Å²) in [7, 11) is 0. The van der Waals surface area contributed by atoms with E-state index < -0.39 is 0 Å². The third kappa shape index (κ3) is 6.04. The Hall–Kier alpha value is -2.92. The van der Waals surface area contributed by atoms with Crippen molar-refractivity contribution in [3.05, 3.63) is 77.0 Å². The Balaban J connectivity index is 1.60. The van der Waals surface area contributed by atoms with Crippen molar-refractivity contribution < 1.29 is 9.59 Å². The molecule has 1 N–H and O–H groups in total. The summed E-state index contributed by atoms with van der Waals surface area (Å²) in [5.41, 5.74) is 3.86. The number of hydrogen-bond donors (Lipinski definition) is 1. The smallest absolute Gasteiger partial charge is 0.270 e. The zero-order valence-electron chi connectivity index (χ0n) is 18.1. The van der Waals surface area contributed by atoms with Gasteiger partial charge in [-0.1, -0.05) is 68.4 Å². The van der Waals surface area contributed by atoms with Crippen LogP contribution in [-0.2, 0) is 16.1 Å². The van der Waals surface area contributed by atoms with E-state index in [9.17, 15) is 9.59 Å². The first-order valence-corrected chi connectivity index (χ1v) is 10.6. The molecule has 0 unspecified atom stereocenters. The van der Waals surface area contributed by atoms with E-state index in [4.69, 9.17) is 0 Å². The third-order valence-corrected chi connectivity index (χ3v) is 5.36. The lowest BCUT2D eigenvalue weighted by Gasteiger charge is -2.35. The van der Waals surface area contributed by atoms with E-state index >= 15 is 0 Å². The molecule has 3 rings (SSSR count). The summed E-state index contributed by atoms with van der Waals surface area (Å²) in [5.74, 6) is 0.166. The molecule has 1 aliphatic rings. The van der Waals surface area contributed by atoms with Crippen LogP contribution in [0.2, 0.25) is 0 Å². The van der Waals surface area contributed by atoms with Gasteiger partial charge < -0.3 is 10.2 Å². The molecule has 0 radical (unpaired) electrons. The van der Waals surface area contributed by atoms with Gasteiger partial charge in [-0.15, -0.1) is 0 Å². The van der Waals surface area contributed by atoms with E-state index in [1.807, 2.05) is 35.2 Å². The van der Waals surface area contributed by atoms with Gasteiger partial charge in [-0.2, -0.15) is 0 Å². The predicted octanol–water partition coefficient (Wildman–Crippen LogP) is 3.63. The van der Waals surface area contributed by atoms with Gasteiger partial charge in [0.05, 0.1) is 0 Å². The number of carbonyl (C=O) groups is 2. The van der Waals surface area contributed by atoms with Crippen molar-refractivity contribution in [3.63, 3.8) is 0 Å². The molecule has 2 aromatic carbocycles. The SMILES string of the molecule is CC(=O)N/C(=C\c1ccccc1)C(=O)N1CCN(Cc2ccc(C(C)C)cc2)CC1. The zero-order chi connectivity index (χ0) is 21.5. The van der Waals surface area contributed by atoms with Gasteiger partial charge in [0.1, 0.15) is 5.70 Å². The fourth-order valence-corrected chi connectivity index (χ4v) is 3.60. The normalized spacial score (nSPS) is 15.3. The maximum atomic E-state index is 13.0. The van der Waals surface area contributed by atoms with Gasteiger partial charge in [0.2, 0.25) is 5.91 Å². The van der Waals surface area contributed by atoms with Gasteiger partial charge in [0.15, 0.2) is 0 Å². The standard InChI is InChI=1S/C25H31N3O2/c1-19(2)23-11-9-22(10-12-23)18-27-13-15-28(16-14-27)25(30)24(26-20(3)29)17-21-7-5-4-6-8-21/h4-12,17,19H,13-16,18H2,1-3H3,(H,26,29)/b24-17-. The molecular weight excluding hydrogens is 374 g/mol. The second kappa shape index (κ2) is 10.2. The Morgan fingerprint density at radius 2 is 1.60 bits per heavy atom. The highest BCUT2D eigenvalue weighted by Gasteiger charge is 2.24. The minimum Gasteiger partial charge on any atom is -0.335 e. The number of hydrogen-bond acceptors (Lipinski definition) is 3. The Labute approximate surface area is 179 Å². The average molecular weight is 406 g/mol. The second-order valence-corrected chi connectivity index (χ2v) is 8.11. The number of piperazine rings is 1. The molecule has 0 bridgehead atoms. The molecule has 2 amide bonds. The number of nitrogens with one attached hydrogen (secondary N) is 1. The highest BCUT2D eigenvalue weighted by Crippen LogP contribution is 2.17. The third-order valence-electron chi connectivity index (χ3n) is 5.36. The van der Waals surface area contributed by atoms with Gasteiger partial charge in [-0.05, 0) is 28.7 Å². The molecule has 158 valence electrons. The Morgan fingerprint density at radius 3 is 2.17 bits per heavy atom.